The molecule has 2 aromatic carbocycles. The van der Waals surface area contributed by atoms with Gasteiger partial charge in [-0.15, -0.1) is 0 Å². The Balaban J connectivity index is 0.000000931. The molecule has 0 aromatic heterocycles. The normalized spacial score (nSPS) is 10.7. The number of benzene rings is 2. The van der Waals surface area contributed by atoms with Crippen LogP contribution in [0.4, 0.5) is 0 Å². The standard InChI is InChI=1S/C23H32O2.C4H7NO.C4H6O/c1-4-5-6-7-19-8-12-21(13-9-19)22-14-10-20(11-15-22)18-23(25-3)16-17-24-2;1-4(2-5)3-6;1-4(2)3-5/h8-15,23H,4-7,16-18H2,1-3H3;3H,1-2,5H2;3H,1H2,2H3. The first-order valence-electron chi connectivity index (χ1n) is 12.5. The molecule has 0 saturated heterocycles. The summed E-state index contributed by atoms with van der Waals surface area (Å²) in [5.74, 6) is 0. The molecule has 5 nitrogen and oxygen atoms in total. The smallest absolute Gasteiger partial charge is 0.146 e. The molecule has 2 aromatic rings. The van der Waals surface area contributed by atoms with Crippen LogP contribution < -0.4 is 5.73 Å². The van der Waals surface area contributed by atoms with Crippen LogP contribution >= 0.6 is 0 Å². The average molecular weight is 496 g/mol. The van der Waals surface area contributed by atoms with Gasteiger partial charge in [0, 0.05) is 27.4 Å². The van der Waals surface area contributed by atoms with E-state index in [0.717, 1.165) is 25.7 Å². The number of hydrogen-bond acceptors (Lipinski definition) is 5. The summed E-state index contributed by atoms with van der Waals surface area (Å²) in [6.45, 7) is 11.5. The minimum absolute atomic E-state index is 0.216. The Hall–Kier alpha value is -2.86. The van der Waals surface area contributed by atoms with Crippen LogP contribution in [-0.2, 0) is 31.9 Å². The fraction of sp³-hybridized carbons (Fsp3) is 0.419. The van der Waals surface area contributed by atoms with Crippen molar-refractivity contribution in [1.29, 1.82) is 0 Å². The summed E-state index contributed by atoms with van der Waals surface area (Å²) in [4.78, 5) is 19.0. The van der Waals surface area contributed by atoms with Crippen molar-refractivity contribution in [1.82, 2.24) is 0 Å². The van der Waals surface area contributed by atoms with Crippen molar-refractivity contribution in [2.75, 3.05) is 27.4 Å². The Morgan fingerprint density at radius 3 is 1.81 bits per heavy atom. The van der Waals surface area contributed by atoms with Crippen LogP contribution in [0.3, 0.4) is 0 Å². The summed E-state index contributed by atoms with van der Waals surface area (Å²) >= 11 is 0. The lowest BCUT2D eigenvalue weighted by Gasteiger charge is -2.15. The zero-order chi connectivity index (χ0) is 27.2. The number of nitrogens with two attached hydrogens (primary N) is 1. The van der Waals surface area contributed by atoms with Gasteiger partial charge in [-0.3, -0.25) is 9.59 Å². The molecule has 0 fully saturated rings. The molecule has 0 aliphatic heterocycles. The molecular formula is C31H45NO4. The van der Waals surface area contributed by atoms with Gasteiger partial charge in [-0.1, -0.05) is 81.5 Å². The number of aryl methyl sites for hydroxylation is 1. The van der Waals surface area contributed by atoms with Crippen LogP contribution in [0.25, 0.3) is 11.1 Å². The van der Waals surface area contributed by atoms with Gasteiger partial charge < -0.3 is 15.2 Å². The number of aldehydes is 2. The molecule has 0 aliphatic rings. The van der Waals surface area contributed by atoms with E-state index in [1.54, 1.807) is 21.1 Å². The largest absolute Gasteiger partial charge is 0.385 e. The first-order valence-corrected chi connectivity index (χ1v) is 12.5. The molecule has 2 rings (SSSR count). The number of methoxy groups -OCH3 is 2. The number of carbonyl (C=O) groups is 2. The molecule has 36 heavy (non-hydrogen) atoms. The van der Waals surface area contributed by atoms with Crippen LogP contribution in [0.15, 0.2) is 72.8 Å². The number of carbonyl (C=O) groups excluding carboxylic acids is 2. The highest BCUT2D eigenvalue weighted by Gasteiger charge is 2.08. The lowest BCUT2D eigenvalue weighted by molar-refractivity contribution is -0.105. The molecule has 2 N–H and O–H groups in total. The molecule has 5 heteroatoms. The zero-order valence-electron chi connectivity index (χ0n) is 22.6. The highest BCUT2D eigenvalue weighted by molar-refractivity contribution is 5.72. The predicted molar refractivity (Wildman–Crippen MR) is 151 cm³/mol. The Morgan fingerprint density at radius 1 is 0.917 bits per heavy atom. The molecule has 0 heterocycles. The molecule has 0 amide bonds. The Labute approximate surface area is 218 Å². The van der Waals surface area contributed by atoms with Gasteiger partial charge in [0.1, 0.15) is 12.6 Å². The van der Waals surface area contributed by atoms with Gasteiger partial charge in [0.2, 0.25) is 0 Å². The van der Waals surface area contributed by atoms with Crippen molar-refractivity contribution in [2.24, 2.45) is 5.73 Å². The predicted octanol–water partition coefficient (Wildman–Crippen LogP) is 6.14. The number of unbranched alkanes of at least 4 members (excludes halogenated alkanes) is 2. The van der Waals surface area contributed by atoms with E-state index >= 15 is 0 Å². The summed E-state index contributed by atoms with van der Waals surface area (Å²) in [5, 5.41) is 0. The summed E-state index contributed by atoms with van der Waals surface area (Å²) in [6.07, 6.45) is 8.51. The van der Waals surface area contributed by atoms with Gasteiger partial charge >= 0.3 is 0 Å². The molecule has 0 saturated carbocycles. The fourth-order valence-electron chi connectivity index (χ4n) is 3.14. The Kier molecular flexibility index (Phi) is 19.7. The van der Waals surface area contributed by atoms with Crippen LogP contribution in [-0.4, -0.2) is 46.0 Å². The van der Waals surface area contributed by atoms with Crippen molar-refractivity contribution in [3.63, 3.8) is 0 Å². The van der Waals surface area contributed by atoms with Crippen LogP contribution in [0, 0.1) is 0 Å². The molecule has 0 bridgehead atoms. The quantitative estimate of drug-likeness (QED) is 0.193. The van der Waals surface area contributed by atoms with Gasteiger partial charge in [0.25, 0.3) is 0 Å². The lowest BCUT2D eigenvalue weighted by atomic mass is 9.99. The van der Waals surface area contributed by atoms with Crippen molar-refractivity contribution in [3.8, 4) is 11.1 Å². The van der Waals surface area contributed by atoms with Crippen LogP contribution in [0.2, 0.25) is 0 Å². The van der Waals surface area contributed by atoms with E-state index in [-0.39, 0.29) is 12.6 Å². The van der Waals surface area contributed by atoms with Crippen LogP contribution in [0.5, 0.6) is 0 Å². The Morgan fingerprint density at radius 2 is 1.44 bits per heavy atom. The summed E-state index contributed by atoms with van der Waals surface area (Å²) in [6, 6.07) is 17.9. The highest BCUT2D eigenvalue weighted by atomic mass is 16.5. The Bertz CT molecular complexity index is 872. The number of rotatable bonds is 14. The van der Waals surface area contributed by atoms with E-state index in [4.69, 9.17) is 15.2 Å². The van der Waals surface area contributed by atoms with E-state index in [1.807, 2.05) is 0 Å². The molecule has 198 valence electrons. The molecule has 1 atom stereocenters. The third-order valence-electron chi connectivity index (χ3n) is 5.38. The summed E-state index contributed by atoms with van der Waals surface area (Å²) < 4.78 is 10.7. The van der Waals surface area contributed by atoms with E-state index in [1.165, 1.54) is 47.9 Å². The van der Waals surface area contributed by atoms with Gasteiger partial charge in [0.05, 0.1) is 6.10 Å². The minimum Gasteiger partial charge on any atom is -0.385 e. The van der Waals surface area contributed by atoms with Gasteiger partial charge in [-0.25, -0.2) is 0 Å². The van der Waals surface area contributed by atoms with Crippen molar-refractivity contribution in [3.05, 3.63) is 84.0 Å². The highest BCUT2D eigenvalue weighted by Crippen LogP contribution is 2.22. The maximum Gasteiger partial charge on any atom is 0.146 e. The first-order chi connectivity index (χ1) is 17.3. The van der Waals surface area contributed by atoms with E-state index in [9.17, 15) is 9.59 Å². The number of allylic oxidation sites excluding steroid dienone is 1. The summed E-state index contributed by atoms with van der Waals surface area (Å²) in [5.41, 5.74) is 11.3. The maximum atomic E-state index is 9.56. The van der Waals surface area contributed by atoms with E-state index in [2.05, 4.69) is 68.6 Å². The third-order valence-corrected chi connectivity index (χ3v) is 5.38. The topological polar surface area (TPSA) is 78.6 Å². The van der Waals surface area contributed by atoms with Gasteiger partial charge in [-0.2, -0.15) is 0 Å². The molecule has 0 spiro atoms. The van der Waals surface area contributed by atoms with Crippen molar-refractivity contribution in [2.45, 2.75) is 58.5 Å². The van der Waals surface area contributed by atoms with Gasteiger partial charge in [-0.05, 0) is 66.0 Å². The van der Waals surface area contributed by atoms with E-state index < -0.39 is 0 Å². The number of hydrogen-bond donors (Lipinski definition) is 1. The fourth-order valence-corrected chi connectivity index (χ4v) is 3.14. The first kappa shape index (κ1) is 33.1. The lowest BCUT2D eigenvalue weighted by Crippen LogP contribution is -2.16. The zero-order valence-corrected chi connectivity index (χ0v) is 22.6. The average Bonchev–Trinajstić information content (AvgIpc) is 2.92. The maximum absolute atomic E-state index is 9.56. The second-order valence-corrected chi connectivity index (χ2v) is 8.64. The summed E-state index contributed by atoms with van der Waals surface area (Å²) in [7, 11) is 3.51. The third kappa shape index (κ3) is 15.9. The molecule has 0 radical (unpaired) electrons. The molecular weight excluding hydrogens is 450 g/mol. The number of ether oxygens (including phenoxy) is 2. The monoisotopic (exact) mass is 495 g/mol. The van der Waals surface area contributed by atoms with Crippen molar-refractivity contribution >= 4 is 12.6 Å². The van der Waals surface area contributed by atoms with E-state index in [0.29, 0.717) is 17.4 Å². The second kappa shape index (κ2) is 21.4. The van der Waals surface area contributed by atoms with Gasteiger partial charge in [0.15, 0.2) is 0 Å². The second-order valence-electron chi connectivity index (χ2n) is 8.64. The van der Waals surface area contributed by atoms with Crippen LogP contribution in [0.1, 0.15) is 50.7 Å². The SMILES string of the molecule is C=C(C)C=O.C=C(C=O)CN.CCCCCc1ccc(-c2ccc(CC(CCOC)OC)cc2)cc1. The molecule has 1 unspecified atom stereocenters. The minimum atomic E-state index is 0.216. The van der Waals surface area contributed by atoms with Crippen molar-refractivity contribution < 1.29 is 19.1 Å². The molecule has 0 aliphatic carbocycles.